The van der Waals surface area contributed by atoms with Crippen LogP contribution >= 0.6 is 23.2 Å². The summed E-state index contributed by atoms with van der Waals surface area (Å²) in [6.45, 7) is 3.23. The first-order valence-electron chi connectivity index (χ1n) is 12.8. The number of carbonyl (C=O) groups is 1. The van der Waals surface area contributed by atoms with Gasteiger partial charge in [0, 0.05) is 23.3 Å². The van der Waals surface area contributed by atoms with E-state index >= 15 is 0 Å². The van der Waals surface area contributed by atoms with Crippen molar-refractivity contribution in [1.29, 1.82) is 0 Å². The van der Waals surface area contributed by atoms with Gasteiger partial charge in [0.25, 0.3) is 0 Å². The number of nitrogens with zero attached hydrogens (tertiary/aromatic N) is 2. The third kappa shape index (κ3) is 6.45. The number of halogens is 2. The van der Waals surface area contributed by atoms with Gasteiger partial charge in [0.15, 0.2) is 0 Å². The van der Waals surface area contributed by atoms with Crippen LogP contribution in [0.4, 0.5) is 0 Å². The molecule has 4 aromatic carbocycles. The Morgan fingerprint density at radius 1 is 0.900 bits per heavy atom. The minimum atomic E-state index is -0.939. The number of hydrogen-bond donors (Lipinski definition) is 1. The Bertz CT molecular complexity index is 1660. The van der Waals surface area contributed by atoms with E-state index in [-0.39, 0.29) is 5.56 Å². The average Bonchev–Trinajstić information content (AvgIpc) is 3.38. The molecule has 5 aromatic rings. The zero-order valence-corrected chi connectivity index (χ0v) is 23.2. The SMILES string of the molecule is CCn1cc(-c2ccc(Cl)cc2Cl)nc1C=Cc1ccc(-c2ccc(OCc3ccc(C(=O)O)cc3)cc2)cc1. The van der Waals surface area contributed by atoms with Crippen LogP contribution in [0.3, 0.4) is 0 Å². The van der Waals surface area contributed by atoms with Gasteiger partial charge in [-0.3, -0.25) is 0 Å². The van der Waals surface area contributed by atoms with Crippen LogP contribution in [0.25, 0.3) is 34.5 Å². The predicted molar refractivity (Wildman–Crippen MR) is 162 cm³/mol. The molecule has 0 saturated carbocycles. The molecule has 0 bridgehead atoms. The summed E-state index contributed by atoms with van der Waals surface area (Å²) in [5.74, 6) is 0.655. The molecule has 0 aliphatic carbocycles. The van der Waals surface area contributed by atoms with Gasteiger partial charge >= 0.3 is 5.97 Å². The molecule has 0 radical (unpaired) electrons. The number of ether oxygens (including phenoxy) is 1. The number of imidazole rings is 1. The molecule has 0 amide bonds. The van der Waals surface area contributed by atoms with Crippen molar-refractivity contribution >= 4 is 41.3 Å². The highest BCUT2D eigenvalue weighted by Crippen LogP contribution is 2.30. The second kappa shape index (κ2) is 12.2. The van der Waals surface area contributed by atoms with Gasteiger partial charge in [-0.05, 0) is 77.7 Å². The van der Waals surface area contributed by atoms with Gasteiger partial charge in [-0.25, -0.2) is 9.78 Å². The highest BCUT2D eigenvalue weighted by molar-refractivity contribution is 6.36. The number of aromatic nitrogens is 2. The van der Waals surface area contributed by atoms with E-state index in [1.54, 1.807) is 30.3 Å². The normalized spacial score (nSPS) is 11.2. The lowest BCUT2D eigenvalue weighted by Crippen LogP contribution is -1.98. The number of benzene rings is 4. The minimum absolute atomic E-state index is 0.260. The second-order valence-electron chi connectivity index (χ2n) is 9.16. The van der Waals surface area contributed by atoms with Crippen molar-refractivity contribution in [2.45, 2.75) is 20.1 Å². The Kier molecular flexibility index (Phi) is 8.34. The molecule has 0 spiro atoms. The van der Waals surface area contributed by atoms with Crippen LogP contribution in [0.1, 0.15) is 34.2 Å². The largest absolute Gasteiger partial charge is 0.489 e. The summed E-state index contributed by atoms with van der Waals surface area (Å²) in [5, 5.41) is 10.2. The molecule has 0 aliphatic heterocycles. The summed E-state index contributed by atoms with van der Waals surface area (Å²) in [4.78, 5) is 15.8. The quantitative estimate of drug-likeness (QED) is 0.192. The van der Waals surface area contributed by atoms with Crippen LogP contribution in [0.2, 0.25) is 10.0 Å². The van der Waals surface area contributed by atoms with Gasteiger partial charge in [0.05, 0.1) is 16.3 Å². The topological polar surface area (TPSA) is 64.4 Å². The number of carboxylic acid groups (broad SMARTS) is 1. The van der Waals surface area contributed by atoms with E-state index < -0.39 is 5.97 Å². The predicted octanol–water partition coefficient (Wildman–Crippen LogP) is 8.99. The minimum Gasteiger partial charge on any atom is -0.489 e. The molecule has 1 N–H and O–H groups in total. The molecule has 0 unspecified atom stereocenters. The molecule has 200 valence electrons. The maximum atomic E-state index is 11.0. The van der Waals surface area contributed by atoms with Crippen LogP contribution in [0, 0.1) is 0 Å². The van der Waals surface area contributed by atoms with Crippen LogP contribution < -0.4 is 4.74 Å². The maximum absolute atomic E-state index is 11.0. The third-order valence-electron chi connectivity index (χ3n) is 6.48. The van der Waals surface area contributed by atoms with Crippen molar-refractivity contribution in [2.24, 2.45) is 0 Å². The van der Waals surface area contributed by atoms with Crippen molar-refractivity contribution in [3.05, 3.63) is 130 Å². The van der Waals surface area contributed by atoms with E-state index in [2.05, 4.69) is 35.8 Å². The molecular weight excluding hydrogens is 543 g/mol. The standard InChI is InChI=1S/C33H26Cl2N2O3/c1-2-37-20-31(29-17-14-27(34)19-30(29)35)36-32(37)18-7-22-3-8-24(9-4-22)25-12-15-28(16-13-25)40-21-23-5-10-26(11-6-23)33(38)39/h3-20H,2,21H2,1H3,(H,38,39). The summed E-state index contributed by atoms with van der Waals surface area (Å²) in [5.41, 5.74) is 6.07. The first kappa shape index (κ1) is 27.3. The lowest BCUT2D eigenvalue weighted by molar-refractivity contribution is 0.0697. The molecule has 5 nitrogen and oxygen atoms in total. The first-order valence-corrected chi connectivity index (χ1v) is 13.5. The Balaban J connectivity index is 1.23. The molecule has 0 aliphatic rings. The van der Waals surface area contributed by atoms with Gasteiger partial charge in [0.1, 0.15) is 18.2 Å². The van der Waals surface area contributed by atoms with E-state index in [0.29, 0.717) is 16.7 Å². The van der Waals surface area contributed by atoms with Gasteiger partial charge in [0.2, 0.25) is 0 Å². The Morgan fingerprint density at radius 3 is 2.20 bits per heavy atom. The fourth-order valence-corrected chi connectivity index (χ4v) is 4.76. The summed E-state index contributed by atoms with van der Waals surface area (Å²) in [6.07, 6.45) is 6.05. The number of hydrogen-bond acceptors (Lipinski definition) is 3. The highest BCUT2D eigenvalue weighted by atomic mass is 35.5. The van der Waals surface area contributed by atoms with Gasteiger partial charge in [-0.2, -0.15) is 0 Å². The lowest BCUT2D eigenvalue weighted by atomic mass is 10.0. The third-order valence-corrected chi connectivity index (χ3v) is 7.03. The van der Waals surface area contributed by atoms with E-state index in [1.165, 1.54) is 0 Å². The van der Waals surface area contributed by atoms with E-state index in [1.807, 2.05) is 54.7 Å². The molecule has 0 atom stereocenters. The van der Waals surface area contributed by atoms with Gasteiger partial charge in [-0.15, -0.1) is 0 Å². The molecule has 1 aromatic heterocycles. The van der Waals surface area contributed by atoms with Gasteiger partial charge < -0.3 is 14.4 Å². The van der Waals surface area contributed by atoms with Gasteiger partial charge in [-0.1, -0.05) is 77.8 Å². The second-order valence-corrected chi connectivity index (χ2v) is 10.0. The van der Waals surface area contributed by atoms with Crippen molar-refractivity contribution in [3.8, 4) is 28.1 Å². The Morgan fingerprint density at radius 2 is 1.57 bits per heavy atom. The van der Waals surface area contributed by atoms with Crippen LogP contribution in [0.15, 0.2) is 97.2 Å². The average molecular weight is 569 g/mol. The number of carboxylic acids is 1. The lowest BCUT2D eigenvalue weighted by Gasteiger charge is -2.08. The van der Waals surface area contributed by atoms with E-state index in [4.69, 9.17) is 38.0 Å². The summed E-state index contributed by atoms with van der Waals surface area (Å²) >= 11 is 12.4. The summed E-state index contributed by atoms with van der Waals surface area (Å²) < 4.78 is 7.94. The fraction of sp³-hybridized carbons (Fsp3) is 0.0909. The molecule has 0 saturated heterocycles. The van der Waals surface area contributed by atoms with Crippen LogP contribution in [-0.2, 0) is 13.2 Å². The molecule has 40 heavy (non-hydrogen) atoms. The molecule has 5 rings (SSSR count). The van der Waals surface area contributed by atoms with E-state index in [9.17, 15) is 4.79 Å². The first-order chi connectivity index (χ1) is 19.4. The van der Waals surface area contributed by atoms with Crippen molar-refractivity contribution in [2.75, 3.05) is 0 Å². The monoisotopic (exact) mass is 568 g/mol. The smallest absolute Gasteiger partial charge is 0.335 e. The number of aryl methyl sites for hydroxylation is 1. The summed E-state index contributed by atoms with van der Waals surface area (Å²) in [7, 11) is 0. The van der Waals surface area contributed by atoms with E-state index in [0.717, 1.165) is 51.6 Å². The van der Waals surface area contributed by atoms with Crippen molar-refractivity contribution in [1.82, 2.24) is 9.55 Å². The van der Waals surface area contributed by atoms with Crippen molar-refractivity contribution in [3.63, 3.8) is 0 Å². The zero-order valence-electron chi connectivity index (χ0n) is 21.7. The molecule has 7 heteroatoms. The van der Waals surface area contributed by atoms with Crippen molar-refractivity contribution < 1.29 is 14.6 Å². The fourth-order valence-electron chi connectivity index (χ4n) is 4.25. The zero-order chi connectivity index (χ0) is 28.1. The Labute approximate surface area is 242 Å². The molecular formula is C33H26Cl2N2O3. The summed E-state index contributed by atoms with van der Waals surface area (Å²) in [6, 6.07) is 28.4. The molecule has 0 fully saturated rings. The molecule has 1 heterocycles. The highest BCUT2D eigenvalue weighted by Gasteiger charge is 2.11. The number of rotatable bonds is 9. The maximum Gasteiger partial charge on any atom is 0.335 e. The van der Waals surface area contributed by atoms with Crippen LogP contribution in [-0.4, -0.2) is 20.6 Å². The Hall–Kier alpha value is -4.32. The number of aromatic carboxylic acids is 1. The van der Waals surface area contributed by atoms with Crippen LogP contribution in [0.5, 0.6) is 5.75 Å².